The molecule has 4 heterocycles. The second kappa shape index (κ2) is 8.32. The second-order valence-corrected chi connectivity index (χ2v) is 8.61. The summed E-state index contributed by atoms with van der Waals surface area (Å²) in [6.45, 7) is 0. The molecule has 1 aliphatic heterocycles. The first kappa shape index (κ1) is 20.4. The number of aromatic nitrogens is 3. The molecule has 170 valence electrons. The first-order chi connectivity index (χ1) is 17.9. The molecule has 0 aliphatic carbocycles. The number of fused-ring (bicyclic) bond motifs is 5. The molecular weight excluding hydrogens is 444 g/mol. The van der Waals surface area contributed by atoms with Crippen LogP contribution in [0.25, 0.3) is 45.0 Å². The maximum atomic E-state index is 5.65. The summed E-state index contributed by atoms with van der Waals surface area (Å²) in [5, 5.41) is 0. The monoisotopic (exact) mass is 464 g/mol. The zero-order chi connectivity index (χ0) is 23.9. The number of pyridine rings is 2. The molecule has 0 bridgehead atoms. The van der Waals surface area contributed by atoms with Crippen LogP contribution in [0.1, 0.15) is 0 Å². The zero-order valence-corrected chi connectivity index (χ0v) is 19.2. The largest absolute Gasteiger partial charge is 0.445 e. The van der Waals surface area contributed by atoms with E-state index in [1.165, 1.54) is 0 Å². The average molecular weight is 465 g/mol. The Morgan fingerprint density at radius 2 is 1.50 bits per heavy atom. The van der Waals surface area contributed by atoms with Crippen molar-refractivity contribution in [3.05, 3.63) is 122 Å². The number of hydrogen-bond acceptors (Lipinski definition) is 5. The van der Waals surface area contributed by atoms with Crippen LogP contribution in [0.5, 0.6) is 0 Å². The lowest BCUT2D eigenvalue weighted by Crippen LogP contribution is -2.11. The minimum absolute atomic E-state index is 0.590. The van der Waals surface area contributed by atoms with Crippen molar-refractivity contribution >= 4 is 17.1 Å². The maximum absolute atomic E-state index is 5.65. The molecule has 36 heavy (non-hydrogen) atoms. The van der Waals surface area contributed by atoms with Crippen molar-refractivity contribution in [2.75, 3.05) is 4.90 Å². The van der Waals surface area contributed by atoms with E-state index in [4.69, 9.17) is 4.42 Å². The van der Waals surface area contributed by atoms with Gasteiger partial charge < -0.3 is 9.32 Å². The van der Waals surface area contributed by atoms with Crippen LogP contribution in [0.4, 0.5) is 17.1 Å². The Morgan fingerprint density at radius 3 is 2.39 bits per heavy atom. The van der Waals surface area contributed by atoms with Gasteiger partial charge in [-0.3, -0.25) is 9.97 Å². The molecule has 0 fully saturated rings. The minimum atomic E-state index is 0.590. The molecule has 6 aromatic rings. The van der Waals surface area contributed by atoms with Gasteiger partial charge in [0.05, 0.1) is 23.3 Å². The molecule has 0 amide bonds. The summed E-state index contributed by atoms with van der Waals surface area (Å²) in [5.74, 6) is 0.590. The minimum Gasteiger partial charge on any atom is -0.445 e. The predicted molar refractivity (Wildman–Crippen MR) is 142 cm³/mol. The van der Waals surface area contributed by atoms with Crippen LogP contribution in [0.15, 0.2) is 126 Å². The smallest absolute Gasteiger partial charge is 0.225 e. The van der Waals surface area contributed by atoms with E-state index in [1.807, 2.05) is 36.8 Å². The van der Waals surface area contributed by atoms with Gasteiger partial charge in [-0.25, -0.2) is 4.98 Å². The molecule has 7 rings (SSSR count). The van der Waals surface area contributed by atoms with Gasteiger partial charge >= 0.3 is 0 Å². The van der Waals surface area contributed by atoms with Crippen LogP contribution in [0.3, 0.4) is 0 Å². The molecule has 0 unspecified atom stereocenters. The Bertz CT molecular complexity index is 1690. The highest BCUT2D eigenvalue weighted by atomic mass is 16.3. The third-order valence-electron chi connectivity index (χ3n) is 6.53. The van der Waals surface area contributed by atoms with Crippen molar-refractivity contribution in [3.8, 4) is 45.0 Å². The normalized spacial score (nSPS) is 11.8. The van der Waals surface area contributed by atoms with Crippen LogP contribution in [0.2, 0.25) is 0 Å². The van der Waals surface area contributed by atoms with Gasteiger partial charge in [0.1, 0.15) is 6.26 Å². The zero-order valence-electron chi connectivity index (χ0n) is 19.2. The fourth-order valence-electron chi connectivity index (χ4n) is 4.93. The van der Waals surface area contributed by atoms with Crippen LogP contribution in [-0.4, -0.2) is 15.0 Å². The van der Waals surface area contributed by atoms with E-state index in [9.17, 15) is 0 Å². The molecule has 5 nitrogen and oxygen atoms in total. The Labute approximate surface area is 208 Å². The van der Waals surface area contributed by atoms with Crippen LogP contribution >= 0.6 is 0 Å². The highest BCUT2D eigenvalue weighted by Crippen LogP contribution is 2.51. The molecule has 1 aliphatic rings. The average Bonchev–Trinajstić information content (AvgIpc) is 3.46. The summed E-state index contributed by atoms with van der Waals surface area (Å²) in [6.07, 6.45) is 8.90. The standard InChI is InChI=1S/C31H20N4O/c1-2-10-29-25(8-1)27-20-32-15-13-24(27)26-12-11-22(31-34-16-17-36-31)19-30(26)35(29)23-7-5-6-21(18-23)28-9-3-4-14-33-28/h1-20H. The van der Waals surface area contributed by atoms with Crippen molar-refractivity contribution < 1.29 is 4.42 Å². The Morgan fingerprint density at radius 1 is 0.583 bits per heavy atom. The fraction of sp³-hybridized carbons (Fsp3) is 0. The van der Waals surface area contributed by atoms with Gasteiger partial charge in [0.2, 0.25) is 5.89 Å². The molecular formula is C31H20N4O. The lowest BCUT2D eigenvalue weighted by atomic mass is 9.96. The van der Waals surface area contributed by atoms with Crippen LogP contribution in [-0.2, 0) is 0 Å². The molecule has 3 aromatic heterocycles. The second-order valence-electron chi connectivity index (χ2n) is 8.61. The lowest BCUT2D eigenvalue weighted by Gasteiger charge is -2.28. The van der Waals surface area contributed by atoms with E-state index in [0.717, 1.165) is 56.1 Å². The number of hydrogen-bond donors (Lipinski definition) is 0. The van der Waals surface area contributed by atoms with Crippen LogP contribution in [0, 0.1) is 0 Å². The van der Waals surface area contributed by atoms with E-state index in [-0.39, 0.29) is 0 Å². The summed E-state index contributed by atoms with van der Waals surface area (Å²) in [5.41, 5.74) is 10.5. The molecule has 0 saturated carbocycles. The first-order valence-corrected chi connectivity index (χ1v) is 11.8. The van der Waals surface area contributed by atoms with Gasteiger partial charge in [-0.15, -0.1) is 0 Å². The van der Waals surface area contributed by atoms with Crippen molar-refractivity contribution in [1.82, 2.24) is 15.0 Å². The quantitative estimate of drug-likeness (QED) is 0.266. The van der Waals surface area contributed by atoms with Gasteiger partial charge in [0.15, 0.2) is 0 Å². The van der Waals surface area contributed by atoms with E-state index in [0.29, 0.717) is 5.89 Å². The summed E-state index contributed by atoms with van der Waals surface area (Å²) >= 11 is 0. The first-order valence-electron chi connectivity index (χ1n) is 11.8. The topological polar surface area (TPSA) is 55.1 Å². The SMILES string of the molecule is c1ccc(-c2cccc(N3c4ccccc4-c4cnccc4-c4ccc(-c5ncco5)cc43)c2)nc1. The van der Waals surface area contributed by atoms with Crippen molar-refractivity contribution in [2.45, 2.75) is 0 Å². The third-order valence-corrected chi connectivity index (χ3v) is 6.53. The number of para-hydroxylation sites is 1. The molecule has 0 atom stereocenters. The van der Waals surface area contributed by atoms with Gasteiger partial charge in [-0.05, 0) is 54.1 Å². The van der Waals surface area contributed by atoms with Gasteiger partial charge in [-0.1, -0.05) is 42.5 Å². The van der Waals surface area contributed by atoms with E-state index in [2.05, 4.69) is 92.6 Å². The Balaban J connectivity index is 1.53. The van der Waals surface area contributed by atoms with Crippen LogP contribution < -0.4 is 4.90 Å². The molecule has 0 radical (unpaired) electrons. The molecule has 0 spiro atoms. The van der Waals surface area contributed by atoms with Crippen molar-refractivity contribution in [1.29, 1.82) is 0 Å². The predicted octanol–water partition coefficient (Wildman–Crippen LogP) is 7.92. The van der Waals surface area contributed by atoms with Gasteiger partial charge in [0, 0.05) is 52.1 Å². The molecule has 3 aromatic carbocycles. The summed E-state index contributed by atoms with van der Waals surface area (Å²) in [6, 6.07) is 31.4. The Hall–Kier alpha value is -5.03. The number of anilines is 3. The third kappa shape index (κ3) is 3.29. The Kier molecular flexibility index (Phi) is 4.71. The highest BCUT2D eigenvalue weighted by molar-refractivity contribution is 6.03. The van der Waals surface area contributed by atoms with Crippen molar-refractivity contribution in [3.63, 3.8) is 0 Å². The molecule has 0 N–H and O–H groups in total. The summed E-state index contributed by atoms with van der Waals surface area (Å²) in [7, 11) is 0. The van der Waals surface area contributed by atoms with Gasteiger partial charge in [0.25, 0.3) is 0 Å². The lowest BCUT2D eigenvalue weighted by molar-refractivity contribution is 0.574. The van der Waals surface area contributed by atoms with Gasteiger partial charge in [-0.2, -0.15) is 0 Å². The maximum Gasteiger partial charge on any atom is 0.225 e. The number of oxazole rings is 1. The summed E-state index contributed by atoms with van der Waals surface area (Å²) in [4.78, 5) is 15.7. The summed E-state index contributed by atoms with van der Waals surface area (Å²) < 4.78 is 5.65. The number of benzene rings is 3. The fourth-order valence-corrected chi connectivity index (χ4v) is 4.93. The number of rotatable bonds is 3. The van der Waals surface area contributed by atoms with E-state index >= 15 is 0 Å². The highest BCUT2D eigenvalue weighted by Gasteiger charge is 2.27. The molecule has 5 heteroatoms. The number of nitrogens with zero attached hydrogens (tertiary/aromatic N) is 4. The van der Waals surface area contributed by atoms with E-state index in [1.54, 1.807) is 12.5 Å². The molecule has 0 saturated heterocycles. The van der Waals surface area contributed by atoms with E-state index < -0.39 is 0 Å². The van der Waals surface area contributed by atoms with Crippen molar-refractivity contribution in [2.24, 2.45) is 0 Å².